The minimum Gasteiger partial charge on any atom is -0.493 e. The highest BCUT2D eigenvalue weighted by atomic mass is 16.5. The van der Waals surface area contributed by atoms with Crippen molar-refractivity contribution in [3.8, 4) is 23.2 Å². The molecule has 2 aromatic carbocycles. The maximum atomic E-state index is 13.2. The number of hydrogen-bond acceptors (Lipinski definition) is 6. The molecule has 0 bridgehead atoms. The zero-order valence-electron chi connectivity index (χ0n) is 17.9. The molecule has 2 aromatic heterocycles. The van der Waals surface area contributed by atoms with E-state index in [1.807, 2.05) is 41.9 Å². The molecule has 166 valence electrons. The molecule has 33 heavy (non-hydrogen) atoms. The van der Waals surface area contributed by atoms with Gasteiger partial charge in [0.2, 0.25) is 0 Å². The molecule has 2 heterocycles. The van der Waals surface area contributed by atoms with Crippen molar-refractivity contribution in [3.63, 3.8) is 0 Å². The molecule has 9 nitrogen and oxygen atoms in total. The molecule has 9 heteroatoms. The van der Waals surface area contributed by atoms with Gasteiger partial charge in [0.1, 0.15) is 11.4 Å². The summed E-state index contributed by atoms with van der Waals surface area (Å²) in [5.74, 6) is 0.470. The number of carbonyl (C=O) groups excluding carboxylic acids is 1. The third-order valence-electron chi connectivity index (χ3n) is 6.05. The quantitative estimate of drug-likeness (QED) is 0.466. The molecule has 0 radical (unpaired) electrons. The van der Waals surface area contributed by atoms with Gasteiger partial charge in [0, 0.05) is 24.1 Å². The van der Waals surface area contributed by atoms with Crippen LogP contribution in [-0.4, -0.2) is 27.2 Å². The van der Waals surface area contributed by atoms with E-state index in [-0.39, 0.29) is 11.7 Å². The highest BCUT2D eigenvalue weighted by molar-refractivity contribution is 6.08. The van der Waals surface area contributed by atoms with Gasteiger partial charge in [-0.25, -0.2) is 4.79 Å². The van der Waals surface area contributed by atoms with Gasteiger partial charge in [-0.05, 0) is 55.2 Å². The Bertz CT molecular complexity index is 1450. The monoisotopic (exact) mass is 443 g/mol. The van der Waals surface area contributed by atoms with E-state index in [1.54, 1.807) is 12.1 Å². The smallest absolute Gasteiger partial charge is 0.439 e. The molecule has 2 N–H and O–H groups in total. The summed E-state index contributed by atoms with van der Waals surface area (Å²) in [6.07, 6.45) is 3.71. The number of rotatable bonds is 6. The van der Waals surface area contributed by atoms with Crippen LogP contribution in [0.4, 0.5) is 5.69 Å². The van der Waals surface area contributed by atoms with Crippen molar-refractivity contribution in [2.45, 2.75) is 19.3 Å². The molecule has 1 saturated carbocycles. The normalized spacial score (nSPS) is 13.5. The first-order valence-corrected chi connectivity index (χ1v) is 10.7. The standard InChI is InChI=1S/C24H21N5O4/c1-29-20-11-17(32-13-14-3-2-4-14)7-6-16(20)10-21(29)23(30)26-19-8-5-15(12-25)9-18(19)22-27-24(31)33-28-22/h5-11,14H,2-4,13H2,1H3,(H,26,30)(H,27,28,31). The lowest BCUT2D eigenvalue weighted by molar-refractivity contribution is 0.101. The second-order valence-corrected chi connectivity index (χ2v) is 8.19. The van der Waals surface area contributed by atoms with Crippen LogP contribution in [0, 0.1) is 17.2 Å². The summed E-state index contributed by atoms with van der Waals surface area (Å²) in [6.45, 7) is 0.717. The van der Waals surface area contributed by atoms with Crippen molar-refractivity contribution < 1.29 is 14.1 Å². The van der Waals surface area contributed by atoms with Gasteiger partial charge in [-0.3, -0.25) is 14.3 Å². The average molecular weight is 443 g/mol. The van der Waals surface area contributed by atoms with Crippen LogP contribution in [0.5, 0.6) is 5.75 Å². The van der Waals surface area contributed by atoms with E-state index in [1.165, 1.54) is 25.3 Å². The number of nitriles is 1. The number of anilines is 1. The first-order chi connectivity index (χ1) is 16.0. The summed E-state index contributed by atoms with van der Waals surface area (Å²) < 4.78 is 12.3. The van der Waals surface area contributed by atoms with Gasteiger partial charge < -0.3 is 14.6 Å². The van der Waals surface area contributed by atoms with Crippen molar-refractivity contribution in [1.82, 2.24) is 14.7 Å². The van der Waals surface area contributed by atoms with E-state index < -0.39 is 5.76 Å². The van der Waals surface area contributed by atoms with E-state index in [4.69, 9.17) is 4.74 Å². The van der Waals surface area contributed by atoms with Crippen LogP contribution in [0.1, 0.15) is 35.3 Å². The number of aryl methyl sites for hydroxylation is 1. The Morgan fingerprint density at radius 3 is 2.85 bits per heavy atom. The fraction of sp³-hybridized carbons (Fsp3) is 0.250. The van der Waals surface area contributed by atoms with Gasteiger partial charge in [-0.15, -0.1) is 0 Å². The van der Waals surface area contributed by atoms with E-state index >= 15 is 0 Å². The number of carbonyl (C=O) groups is 1. The Morgan fingerprint density at radius 1 is 1.30 bits per heavy atom. The lowest BCUT2D eigenvalue weighted by Crippen LogP contribution is -2.19. The van der Waals surface area contributed by atoms with Crippen LogP contribution < -0.4 is 15.8 Å². The van der Waals surface area contributed by atoms with E-state index in [2.05, 4.69) is 20.0 Å². The zero-order valence-corrected chi connectivity index (χ0v) is 17.9. The number of amides is 1. The fourth-order valence-corrected chi connectivity index (χ4v) is 3.94. The molecule has 0 unspecified atom stereocenters. The zero-order chi connectivity index (χ0) is 22.9. The van der Waals surface area contributed by atoms with Crippen LogP contribution in [0.3, 0.4) is 0 Å². The van der Waals surface area contributed by atoms with Crippen LogP contribution in [-0.2, 0) is 7.05 Å². The molecule has 0 atom stereocenters. The lowest BCUT2D eigenvalue weighted by Gasteiger charge is -2.25. The highest BCUT2D eigenvalue weighted by Crippen LogP contribution is 2.30. The lowest BCUT2D eigenvalue weighted by atomic mass is 9.86. The van der Waals surface area contributed by atoms with Crippen molar-refractivity contribution >= 4 is 22.5 Å². The van der Waals surface area contributed by atoms with E-state index in [0.29, 0.717) is 28.4 Å². The number of aromatic amines is 1. The third-order valence-corrected chi connectivity index (χ3v) is 6.05. The molecule has 0 saturated heterocycles. The first kappa shape index (κ1) is 20.6. The summed E-state index contributed by atoms with van der Waals surface area (Å²) in [4.78, 5) is 27.0. The molecular formula is C24H21N5O4. The molecule has 1 amide bonds. The topological polar surface area (TPSA) is 126 Å². The van der Waals surface area contributed by atoms with Crippen LogP contribution in [0.15, 0.2) is 51.8 Å². The molecule has 0 spiro atoms. The van der Waals surface area contributed by atoms with E-state index in [0.717, 1.165) is 23.3 Å². The van der Waals surface area contributed by atoms with Crippen LogP contribution >= 0.6 is 0 Å². The highest BCUT2D eigenvalue weighted by Gasteiger charge is 2.20. The Labute approximate surface area is 188 Å². The Morgan fingerprint density at radius 2 is 2.15 bits per heavy atom. The largest absolute Gasteiger partial charge is 0.493 e. The Balaban J connectivity index is 1.43. The van der Waals surface area contributed by atoms with Gasteiger partial charge in [0.25, 0.3) is 5.91 Å². The van der Waals surface area contributed by atoms with Crippen molar-refractivity contribution in [3.05, 3.63) is 64.3 Å². The van der Waals surface area contributed by atoms with Crippen LogP contribution in [0.2, 0.25) is 0 Å². The van der Waals surface area contributed by atoms with Gasteiger partial charge in [-0.2, -0.15) is 5.26 Å². The van der Waals surface area contributed by atoms with E-state index in [9.17, 15) is 14.9 Å². The number of benzene rings is 2. The molecule has 5 rings (SSSR count). The number of hydrogen-bond donors (Lipinski definition) is 2. The molecule has 1 aliphatic carbocycles. The average Bonchev–Trinajstić information content (AvgIpc) is 3.36. The molecule has 1 aliphatic rings. The van der Waals surface area contributed by atoms with Crippen molar-refractivity contribution in [2.75, 3.05) is 11.9 Å². The molecule has 4 aromatic rings. The maximum Gasteiger partial charge on any atom is 0.439 e. The predicted molar refractivity (Wildman–Crippen MR) is 121 cm³/mol. The second kappa shape index (κ2) is 8.31. The molecule has 1 fully saturated rings. The molecular weight excluding hydrogens is 422 g/mol. The van der Waals surface area contributed by atoms with Gasteiger partial charge in [0.15, 0.2) is 5.82 Å². The summed E-state index contributed by atoms with van der Waals surface area (Å²) in [5, 5.41) is 16.7. The number of H-pyrrole nitrogens is 1. The number of nitrogens with zero attached hydrogens (tertiary/aromatic N) is 3. The van der Waals surface area contributed by atoms with Gasteiger partial charge in [-0.1, -0.05) is 11.6 Å². The molecule has 0 aliphatic heterocycles. The Kier molecular flexibility index (Phi) is 5.18. The Hall–Kier alpha value is -4.32. The first-order valence-electron chi connectivity index (χ1n) is 10.7. The summed E-state index contributed by atoms with van der Waals surface area (Å²) in [6, 6.07) is 14.3. The maximum absolute atomic E-state index is 13.2. The minimum atomic E-state index is -0.728. The van der Waals surface area contributed by atoms with Gasteiger partial charge in [0.05, 0.1) is 29.4 Å². The minimum absolute atomic E-state index is 0.123. The predicted octanol–water partition coefficient (Wildman–Crippen LogP) is 3.82. The summed E-state index contributed by atoms with van der Waals surface area (Å²) >= 11 is 0. The summed E-state index contributed by atoms with van der Waals surface area (Å²) in [7, 11) is 1.82. The second-order valence-electron chi connectivity index (χ2n) is 8.19. The van der Waals surface area contributed by atoms with Crippen molar-refractivity contribution in [1.29, 1.82) is 5.26 Å². The third kappa shape index (κ3) is 3.99. The van der Waals surface area contributed by atoms with Crippen LogP contribution in [0.25, 0.3) is 22.3 Å². The fourth-order valence-electron chi connectivity index (χ4n) is 3.94. The number of aromatic nitrogens is 3. The number of fused-ring (bicyclic) bond motifs is 1. The van der Waals surface area contributed by atoms with Crippen molar-refractivity contribution in [2.24, 2.45) is 13.0 Å². The number of nitrogens with one attached hydrogen (secondary N) is 2. The SMILES string of the molecule is Cn1c(C(=O)Nc2ccc(C#N)cc2-c2noc(=O)[nH]2)cc2ccc(OCC3CCC3)cc21. The summed E-state index contributed by atoms with van der Waals surface area (Å²) in [5.41, 5.74) is 2.44. The van der Waals surface area contributed by atoms with Gasteiger partial charge >= 0.3 is 5.76 Å². The number of ether oxygens (including phenoxy) is 1.